The second kappa shape index (κ2) is 8.30. The fourth-order valence-electron chi connectivity index (χ4n) is 4.05. The Kier molecular flexibility index (Phi) is 6.05. The van der Waals surface area contributed by atoms with Gasteiger partial charge >= 0.3 is 12.0 Å². The van der Waals surface area contributed by atoms with E-state index in [1.54, 1.807) is 11.8 Å². The molecule has 27 heavy (non-hydrogen) atoms. The summed E-state index contributed by atoms with van der Waals surface area (Å²) < 4.78 is 0. The molecule has 2 fully saturated rings. The van der Waals surface area contributed by atoms with Crippen molar-refractivity contribution in [3.05, 3.63) is 35.4 Å². The van der Waals surface area contributed by atoms with Crippen molar-refractivity contribution in [2.45, 2.75) is 46.2 Å². The van der Waals surface area contributed by atoms with E-state index in [1.165, 1.54) is 31.5 Å². The second-order valence-electron chi connectivity index (χ2n) is 8.50. The zero-order valence-corrected chi connectivity index (χ0v) is 16.4. The van der Waals surface area contributed by atoms with Gasteiger partial charge in [0.15, 0.2) is 0 Å². The van der Waals surface area contributed by atoms with Crippen LogP contribution >= 0.6 is 0 Å². The summed E-state index contributed by atoms with van der Waals surface area (Å²) in [7, 11) is 0. The third-order valence-electron chi connectivity index (χ3n) is 5.89. The monoisotopic (exact) mass is 373 g/mol. The lowest BCUT2D eigenvalue weighted by Gasteiger charge is -2.30. The minimum atomic E-state index is -0.837. The van der Waals surface area contributed by atoms with Gasteiger partial charge in [0.1, 0.15) is 0 Å². The average Bonchev–Trinajstić information content (AvgIpc) is 3.05. The molecule has 1 aromatic carbocycles. The van der Waals surface area contributed by atoms with Crippen molar-refractivity contribution in [2.75, 3.05) is 26.2 Å². The number of carbonyl (C=O) groups excluding carboxylic acids is 1. The molecule has 0 spiro atoms. The van der Waals surface area contributed by atoms with Gasteiger partial charge in [-0.1, -0.05) is 31.2 Å². The van der Waals surface area contributed by atoms with Gasteiger partial charge in [-0.25, -0.2) is 4.79 Å². The number of benzene rings is 1. The number of nitrogens with zero attached hydrogens (tertiary/aromatic N) is 2. The van der Waals surface area contributed by atoms with Gasteiger partial charge in [-0.15, -0.1) is 0 Å². The van der Waals surface area contributed by atoms with Crippen LogP contribution in [-0.2, 0) is 17.9 Å². The molecule has 6 nitrogen and oxygen atoms in total. The number of carboxylic acids is 1. The molecular formula is C21H31N3O3. The standard InChI is InChI=1S/C21H31N3O3/c1-16-4-3-10-23(13-16)14-18-7-5-17(6-8-18)12-22-20(27)24-11-9-21(2,15-24)19(25)26/h5-8,16H,3-4,9-15H2,1-2H3,(H,22,27)(H,25,26). The number of nitrogens with one attached hydrogen (secondary N) is 1. The number of urea groups is 1. The molecule has 1 aromatic rings. The van der Waals surface area contributed by atoms with Crippen LogP contribution in [0, 0.1) is 11.3 Å². The van der Waals surface area contributed by atoms with E-state index in [4.69, 9.17) is 0 Å². The molecule has 0 radical (unpaired) electrons. The van der Waals surface area contributed by atoms with E-state index in [0.717, 1.165) is 18.0 Å². The Morgan fingerprint density at radius 3 is 2.56 bits per heavy atom. The van der Waals surface area contributed by atoms with Crippen molar-refractivity contribution in [3.8, 4) is 0 Å². The van der Waals surface area contributed by atoms with E-state index in [-0.39, 0.29) is 12.6 Å². The number of rotatable bonds is 5. The van der Waals surface area contributed by atoms with Gasteiger partial charge in [-0.05, 0) is 49.8 Å². The molecule has 0 aliphatic carbocycles. The van der Waals surface area contributed by atoms with E-state index in [9.17, 15) is 14.7 Å². The molecule has 2 unspecified atom stereocenters. The van der Waals surface area contributed by atoms with Crippen LogP contribution in [0.15, 0.2) is 24.3 Å². The largest absolute Gasteiger partial charge is 0.481 e. The van der Waals surface area contributed by atoms with Crippen LogP contribution in [0.2, 0.25) is 0 Å². The Labute approximate surface area is 161 Å². The number of piperidine rings is 1. The second-order valence-corrected chi connectivity index (χ2v) is 8.50. The minimum absolute atomic E-state index is 0.189. The first-order valence-electron chi connectivity index (χ1n) is 9.92. The summed E-state index contributed by atoms with van der Waals surface area (Å²) in [4.78, 5) is 27.7. The maximum absolute atomic E-state index is 12.3. The van der Waals surface area contributed by atoms with Crippen LogP contribution in [0.25, 0.3) is 0 Å². The number of carbonyl (C=O) groups is 2. The topological polar surface area (TPSA) is 72.9 Å². The van der Waals surface area contributed by atoms with E-state index >= 15 is 0 Å². The molecule has 2 atom stereocenters. The molecule has 0 bridgehead atoms. The molecule has 2 amide bonds. The molecule has 2 saturated heterocycles. The maximum atomic E-state index is 12.3. The zero-order valence-electron chi connectivity index (χ0n) is 16.4. The van der Waals surface area contributed by atoms with Crippen molar-refractivity contribution in [2.24, 2.45) is 11.3 Å². The zero-order chi connectivity index (χ0) is 19.4. The van der Waals surface area contributed by atoms with Crippen LogP contribution in [-0.4, -0.2) is 53.1 Å². The average molecular weight is 373 g/mol. The summed E-state index contributed by atoms with van der Waals surface area (Å²) in [6.45, 7) is 8.56. The summed E-state index contributed by atoms with van der Waals surface area (Å²) in [5.74, 6) is -0.0571. The summed E-state index contributed by atoms with van der Waals surface area (Å²) >= 11 is 0. The maximum Gasteiger partial charge on any atom is 0.317 e. The van der Waals surface area contributed by atoms with Gasteiger partial charge in [-0.2, -0.15) is 0 Å². The summed E-state index contributed by atoms with van der Waals surface area (Å²) in [5.41, 5.74) is 1.53. The van der Waals surface area contributed by atoms with Crippen molar-refractivity contribution in [3.63, 3.8) is 0 Å². The molecule has 0 aromatic heterocycles. The molecule has 0 saturated carbocycles. The third-order valence-corrected chi connectivity index (χ3v) is 5.89. The van der Waals surface area contributed by atoms with Gasteiger partial charge in [0.25, 0.3) is 0 Å². The van der Waals surface area contributed by atoms with Crippen LogP contribution in [0.3, 0.4) is 0 Å². The van der Waals surface area contributed by atoms with E-state index in [2.05, 4.69) is 41.4 Å². The van der Waals surface area contributed by atoms with Gasteiger partial charge in [0, 0.05) is 32.7 Å². The Bertz CT molecular complexity index is 676. The quantitative estimate of drug-likeness (QED) is 0.832. The lowest BCUT2D eigenvalue weighted by molar-refractivity contribution is -0.147. The highest BCUT2D eigenvalue weighted by Crippen LogP contribution is 2.30. The first kappa shape index (κ1) is 19.7. The first-order valence-corrected chi connectivity index (χ1v) is 9.92. The highest BCUT2D eigenvalue weighted by molar-refractivity contribution is 5.79. The minimum Gasteiger partial charge on any atom is -0.481 e. The van der Waals surface area contributed by atoms with Crippen LogP contribution in [0.4, 0.5) is 4.79 Å². The summed E-state index contributed by atoms with van der Waals surface area (Å²) in [6.07, 6.45) is 3.11. The van der Waals surface area contributed by atoms with Crippen molar-refractivity contribution >= 4 is 12.0 Å². The molecule has 148 valence electrons. The van der Waals surface area contributed by atoms with Gasteiger partial charge in [-0.3, -0.25) is 9.69 Å². The number of likely N-dealkylation sites (tertiary alicyclic amines) is 2. The van der Waals surface area contributed by atoms with Crippen molar-refractivity contribution in [1.82, 2.24) is 15.1 Å². The molecule has 6 heteroatoms. The summed E-state index contributed by atoms with van der Waals surface area (Å²) in [6, 6.07) is 8.21. The van der Waals surface area contributed by atoms with Crippen molar-refractivity contribution in [1.29, 1.82) is 0 Å². The van der Waals surface area contributed by atoms with Crippen LogP contribution < -0.4 is 5.32 Å². The first-order chi connectivity index (χ1) is 12.9. The normalized spacial score (nSPS) is 26.1. The predicted molar refractivity (Wildman–Crippen MR) is 104 cm³/mol. The lowest BCUT2D eigenvalue weighted by atomic mass is 9.90. The van der Waals surface area contributed by atoms with Crippen LogP contribution in [0.5, 0.6) is 0 Å². The van der Waals surface area contributed by atoms with E-state index in [1.807, 2.05) is 0 Å². The molecular weight excluding hydrogens is 342 g/mol. The molecule has 3 rings (SSSR count). The van der Waals surface area contributed by atoms with Gasteiger partial charge in [0.05, 0.1) is 5.41 Å². The van der Waals surface area contributed by atoms with E-state index in [0.29, 0.717) is 19.5 Å². The Morgan fingerprint density at radius 2 is 1.93 bits per heavy atom. The molecule has 2 aliphatic heterocycles. The van der Waals surface area contributed by atoms with Gasteiger partial charge < -0.3 is 15.3 Å². The third kappa shape index (κ3) is 5.01. The molecule has 2 aliphatic rings. The fourth-order valence-corrected chi connectivity index (χ4v) is 4.05. The number of hydrogen-bond donors (Lipinski definition) is 2. The highest BCUT2D eigenvalue weighted by Gasteiger charge is 2.42. The Morgan fingerprint density at radius 1 is 1.22 bits per heavy atom. The summed E-state index contributed by atoms with van der Waals surface area (Å²) in [5, 5.41) is 12.2. The number of aliphatic carboxylic acids is 1. The van der Waals surface area contributed by atoms with Crippen LogP contribution in [0.1, 0.15) is 44.2 Å². The van der Waals surface area contributed by atoms with E-state index < -0.39 is 11.4 Å². The predicted octanol–water partition coefficient (Wildman–Crippen LogP) is 2.92. The number of carboxylic acid groups (broad SMARTS) is 1. The smallest absolute Gasteiger partial charge is 0.317 e. The highest BCUT2D eigenvalue weighted by atomic mass is 16.4. The SMILES string of the molecule is CC1CCCN(Cc2ccc(CNC(=O)N3CCC(C)(C(=O)O)C3)cc2)C1. The molecule has 2 N–H and O–H groups in total. The Balaban J connectivity index is 1.46. The van der Waals surface area contributed by atoms with Gasteiger partial charge in [0.2, 0.25) is 0 Å². The molecule has 2 heterocycles. The Hall–Kier alpha value is -2.08. The lowest BCUT2D eigenvalue weighted by Crippen LogP contribution is -2.40. The fraction of sp³-hybridized carbons (Fsp3) is 0.619. The number of hydrogen-bond acceptors (Lipinski definition) is 3. The number of amides is 2. The van der Waals surface area contributed by atoms with Crippen molar-refractivity contribution < 1.29 is 14.7 Å².